The zero-order valence-electron chi connectivity index (χ0n) is 14.8. The molecule has 1 aromatic carbocycles. The number of fused-ring (bicyclic) bond motifs is 3. The molecule has 0 spiro atoms. The van der Waals surface area contributed by atoms with Gasteiger partial charge in [0.15, 0.2) is 0 Å². The van der Waals surface area contributed by atoms with Crippen LogP contribution in [0.5, 0.6) is 0 Å². The number of aromatic nitrogens is 3. The monoisotopic (exact) mass is 362 g/mol. The molecule has 2 aliphatic rings. The number of hydrogen-bond acceptors (Lipinski definition) is 3. The van der Waals surface area contributed by atoms with Crippen LogP contribution in [0, 0.1) is 11.7 Å². The minimum atomic E-state index is -0.327. The summed E-state index contributed by atoms with van der Waals surface area (Å²) in [5, 5.41) is 0. The van der Waals surface area contributed by atoms with Crippen LogP contribution in [0.1, 0.15) is 28.5 Å². The van der Waals surface area contributed by atoms with Gasteiger partial charge in [-0.05, 0) is 48.7 Å². The average Bonchev–Trinajstić information content (AvgIpc) is 3.32. The summed E-state index contributed by atoms with van der Waals surface area (Å²) in [5.74, 6) is 1.38. The Morgan fingerprint density at radius 2 is 1.85 bits per heavy atom. The Bertz CT molecular complexity index is 983. The van der Waals surface area contributed by atoms with Gasteiger partial charge >= 0.3 is 0 Å². The first-order valence-electron chi connectivity index (χ1n) is 9.21. The molecule has 2 atom stereocenters. The van der Waals surface area contributed by atoms with Crippen molar-refractivity contribution < 1.29 is 9.18 Å². The van der Waals surface area contributed by atoms with Crippen molar-refractivity contribution in [3.05, 3.63) is 72.2 Å². The molecule has 2 aliphatic heterocycles. The van der Waals surface area contributed by atoms with Crippen LogP contribution in [0.15, 0.2) is 55.0 Å². The predicted molar refractivity (Wildman–Crippen MR) is 98.6 cm³/mol. The van der Waals surface area contributed by atoms with Gasteiger partial charge in [0.05, 0.1) is 11.9 Å². The van der Waals surface area contributed by atoms with Gasteiger partial charge in [-0.3, -0.25) is 9.78 Å². The molecule has 0 bridgehead atoms. The van der Waals surface area contributed by atoms with Crippen LogP contribution in [-0.2, 0) is 6.54 Å². The second-order valence-corrected chi connectivity index (χ2v) is 7.26. The Hall–Kier alpha value is -3.02. The first-order valence-corrected chi connectivity index (χ1v) is 9.21. The molecule has 6 heteroatoms. The Labute approximate surface area is 156 Å². The minimum absolute atomic E-state index is 0.0307. The van der Waals surface area contributed by atoms with Crippen molar-refractivity contribution in [3.63, 3.8) is 0 Å². The number of hydrogen-bond donors (Lipinski definition) is 0. The van der Waals surface area contributed by atoms with Crippen molar-refractivity contribution in [2.45, 2.75) is 18.9 Å². The van der Waals surface area contributed by atoms with E-state index in [2.05, 4.69) is 9.55 Å². The van der Waals surface area contributed by atoms with Crippen LogP contribution in [0.25, 0.3) is 11.3 Å². The number of carbonyl (C=O) groups is 1. The summed E-state index contributed by atoms with van der Waals surface area (Å²) in [6.07, 6.45) is 6.54. The molecule has 0 aliphatic carbocycles. The maximum absolute atomic E-state index is 13.1. The normalized spacial score (nSPS) is 21.0. The fourth-order valence-electron chi connectivity index (χ4n) is 4.37. The lowest BCUT2D eigenvalue weighted by molar-refractivity contribution is 0.0785. The van der Waals surface area contributed by atoms with Crippen LogP contribution in [-0.4, -0.2) is 38.4 Å². The van der Waals surface area contributed by atoms with Gasteiger partial charge in [0.25, 0.3) is 5.91 Å². The van der Waals surface area contributed by atoms with Crippen molar-refractivity contribution in [1.29, 1.82) is 0 Å². The molecule has 5 rings (SSSR count). The van der Waals surface area contributed by atoms with Crippen molar-refractivity contribution in [3.8, 4) is 11.3 Å². The molecule has 1 fully saturated rings. The average molecular weight is 362 g/mol. The summed E-state index contributed by atoms with van der Waals surface area (Å²) in [4.78, 5) is 23.5. The topological polar surface area (TPSA) is 51.0 Å². The Morgan fingerprint density at radius 3 is 2.63 bits per heavy atom. The van der Waals surface area contributed by atoms with Gasteiger partial charge in [0, 0.05) is 49.1 Å². The highest BCUT2D eigenvalue weighted by atomic mass is 19.1. The van der Waals surface area contributed by atoms with Crippen molar-refractivity contribution >= 4 is 5.91 Å². The number of likely N-dealkylation sites (tertiary alicyclic amines) is 1. The van der Waals surface area contributed by atoms with E-state index >= 15 is 0 Å². The number of benzene rings is 1. The molecule has 0 unspecified atom stereocenters. The maximum atomic E-state index is 13.1. The van der Waals surface area contributed by atoms with E-state index in [-0.39, 0.29) is 17.6 Å². The first-order chi connectivity index (χ1) is 13.2. The van der Waals surface area contributed by atoms with E-state index in [1.807, 2.05) is 23.2 Å². The van der Waals surface area contributed by atoms with Crippen molar-refractivity contribution in [1.82, 2.24) is 19.4 Å². The third-order valence-electron chi connectivity index (χ3n) is 5.74. The van der Waals surface area contributed by atoms with E-state index in [9.17, 15) is 9.18 Å². The van der Waals surface area contributed by atoms with Crippen LogP contribution in [0.3, 0.4) is 0 Å². The summed E-state index contributed by atoms with van der Waals surface area (Å²) in [7, 11) is 0. The molecule has 0 N–H and O–H groups in total. The number of carbonyl (C=O) groups excluding carboxylic acids is 1. The van der Waals surface area contributed by atoms with Crippen LogP contribution in [0.2, 0.25) is 0 Å². The van der Waals surface area contributed by atoms with Gasteiger partial charge in [-0.2, -0.15) is 0 Å². The maximum Gasteiger partial charge on any atom is 0.253 e. The van der Waals surface area contributed by atoms with E-state index in [0.717, 1.165) is 36.6 Å². The van der Waals surface area contributed by atoms with Gasteiger partial charge in [-0.15, -0.1) is 0 Å². The molecular weight excluding hydrogens is 343 g/mol. The van der Waals surface area contributed by atoms with Crippen LogP contribution < -0.4 is 0 Å². The Morgan fingerprint density at radius 1 is 1.07 bits per heavy atom. The molecule has 1 amide bonds. The fourth-order valence-corrected chi connectivity index (χ4v) is 4.37. The molecule has 3 aromatic rings. The second-order valence-electron chi connectivity index (χ2n) is 7.26. The highest BCUT2D eigenvalue weighted by Crippen LogP contribution is 2.40. The summed E-state index contributed by atoms with van der Waals surface area (Å²) in [6.45, 7) is 2.30. The minimum Gasteiger partial charge on any atom is -0.338 e. The molecule has 0 saturated carbocycles. The zero-order chi connectivity index (χ0) is 18.4. The zero-order valence-corrected chi connectivity index (χ0v) is 14.8. The predicted octanol–water partition coefficient (Wildman–Crippen LogP) is 3.34. The largest absolute Gasteiger partial charge is 0.338 e. The summed E-state index contributed by atoms with van der Waals surface area (Å²) in [6, 6.07) is 9.78. The van der Waals surface area contributed by atoms with Gasteiger partial charge in [-0.25, -0.2) is 9.37 Å². The van der Waals surface area contributed by atoms with E-state index in [0.29, 0.717) is 18.0 Å². The van der Waals surface area contributed by atoms with Gasteiger partial charge in [0.1, 0.15) is 11.6 Å². The third-order valence-corrected chi connectivity index (χ3v) is 5.74. The number of rotatable bonds is 2. The fraction of sp³-hybridized carbons (Fsp3) is 0.286. The Kier molecular flexibility index (Phi) is 3.77. The van der Waals surface area contributed by atoms with Crippen LogP contribution in [0.4, 0.5) is 4.39 Å². The van der Waals surface area contributed by atoms with Gasteiger partial charge in [-0.1, -0.05) is 0 Å². The summed E-state index contributed by atoms with van der Waals surface area (Å²) < 4.78 is 15.4. The van der Waals surface area contributed by atoms with Gasteiger partial charge < -0.3 is 9.47 Å². The van der Waals surface area contributed by atoms with Gasteiger partial charge in [0.2, 0.25) is 0 Å². The molecule has 1 saturated heterocycles. The molecular formula is C21H19FN4O. The highest BCUT2D eigenvalue weighted by Gasteiger charge is 2.41. The summed E-state index contributed by atoms with van der Waals surface area (Å²) in [5.41, 5.74) is 2.75. The number of pyridine rings is 1. The van der Waals surface area contributed by atoms with Crippen molar-refractivity contribution in [2.75, 3.05) is 13.1 Å². The number of amides is 1. The van der Waals surface area contributed by atoms with E-state index < -0.39 is 0 Å². The SMILES string of the molecule is O=C(c1ccc(F)cc1)N1C[C@H]2CCn3c(-c4ccncc4)cnc3[C@@H]2C1. The lowest BCUT2D eigenvalue weighted by atomic mass is 9.89. The molecule has 4 heterocycles. The smallest absolute Gasteiger partial charge is 0.253 e. The van der Waals surface area contributed by atoms with Crippen molar-refractivity contribution in [2.24, 2.45) is 5.92 Å². The second kappa shape index (κ2) is 6.30. The lowest BCUT2D eigenvalue weighted by Gasteiger charge is -2.26. The quantitative estimate of drug-likeness (QED) is 0.703. The highest BCUT2D eigenvalue weighted by molar-refractivity contribution is 5.94. The summed E-state index contributed by atoms with van der Waals surface area (Å²) >= 11 is 0. The molecule has 136 valence electrons. The molecule has 0 radical (unpaired) electrons. The third kappa shape index (κ3) is 2.72. The molecule has 27 heavy (non-hydrogen) atoms. The Balaban J connectivity index is 1.41. The standard InChI is InChI=1S/C21H19FN4O/c22-17-3-1-15(2-4-17)21(27)25-12-16-7-10-26-19(14-5-8-23-9-6-14)11-24-20(26)18(16)13-25/h1-6,8-9,11,16,18H,7,10,12-13H2/t16-,18-/m1/s1. The first kappa shape index (κ1) is 16.2. The van der Waals surface area contributed by atoms with E-state index in [4.69, 9.17) is 4.98 Å². The number of halogens is 1. The van der Waals surface area contributed by atoms with E-state index in [1.165, 1.54) is 12.1 Å². The van der Waals surface area contributed by atoms with Crippen LogP contribution >= 0.6 is 0 Å². The lowest BCUT2D eigenvalue weighted by Crippen LogP contribution is -2.28. The molecule has 2 aromatic heterocycles. The molecule has 5 nitrogen and oxygen atoms in total. The van der Waals surface area contributed by atoms with E-state index in [1.54, 1.807) is 24.5 Å². The number of nitrogens with zero attached hydrogens (tertiary/aromatic N) is 4. The number of imidazole rings is 1.